The number of hydrogen-bond donors (Lipinski definition) is 0. The van der Waals surface area contributed by atoms with Gasteiger partial charge in [-0.05, 0) is 0 Å². The van der Waals surface area contributed by atoms with E-state index in [1.807, 2.05) is 0 Å². The van der Waals surface area contributed by atoms with Gasteiger partial charge in [0.25, 0.3) is 5.91 Å². The van der Waals surface area contributed by atoms with E-state index in [0.29, 0.717) is 17.3 Å². The lowest BCUT2D eigenvalue weighted by atomic mass is 9.87. The van der Waals surface area contributed by atoms with Crippen molar-refractivity contribution in [1.82, 2.24) is 8.84 Å². The molecule has 0 N–H and O–H groups in total. The van der Waals surface area contributed by atoms with E-state index >= 15 is 0 Å². The Morgan fingerprint density at radius 2 is 1.65 bits per heavy atom. The summed E-state index contributed by atoms with van der Waals surface area (Å²) in [6, 6.07) is -0.638. The molecule has 0 saturated carbocycles. The van der Waals surface area contributed by atoms with Gasteiger partial charge in [0, 0.05) is 36.4 Å². The maximum atomic E-state index is 12.0. The van der Waals surface area contributed by atoms with Crippen LogP contribution in [0.5, 0.6) is 0 Å². The van der Waals surface area contributed by atoms with Crippen molar-refractivity contribution in [2.24, 2.45) is 0 Å². The number of quaternary nitrogens is 1. The summed E-state index contributed by atoms with van der Waals surface area (Å²) >= 11 is 11.5. The minimum Gasteiger partial charge on any atom is -1.00 e. The molecule has 0 unspecified atom stereocenters. The average molecular weight is 303 g/mol. The van der Waals surface area contributed by atoms with Gasteiger partial charge in [-0.1, -0.05) is 0 Å². The van der Waals surface area contributed by atoms with E-state index in [1.165, 1.54) is 0 Å². The van der Waals surface area contributed by atoms with Crippen LogP contribution in [0, 0.1) is 0 Å². The Hall–Kier alpha value is -0.230. The lowest BCUT2D eigenvalue weighted by Crippen LogP contribution is -3.00. The van der Waals surface area contributed by atoms with E-state index < -0.39 is 17.5 Å². The number of piperidine rings is 1. The Balaban J connectivity index is 0.00000144. The van der Waals surface area contributed by atoms with Crippen molar-refractivity contribution in [3.8, 4) is 0 Å². The molecule has 0 aromatic heterocycles. The third kappa shape index (κ3) is 2.10. The molecule has 17 heavy (non-hydrogen) atoms. The van der Waals surface area contributed by atoms with Gasteiger partial charge in [-0.25, -0.2) is 9.21 Å². The van der Waals surface area contributed by atoms with Crippen molar-refractivity contribution in [2.45, 2.75) is 18.4 Å². The summed E-state index contributed by atoms with van der Waals surface area (Å²) in [5.74, 6) is -0.395. The predicted octanol–water partition coefficient (Wildman–Crippen LogP) is -1.83. The Kier molecular flexibility index (Phi) is 3.89. The molecule has 3 amide bonds. The Labute approximate surface area is 116 Å². The van der Waals surface area contributed by atoms with Crippen LogP contribution < -0.4 is 12.4 Å². The number of halogens is 3. The van der Waals surface area contributed by atoms with Crippen LogP contribution in [0.25, 0.3) is 0 Å². The number of nitrogens with zero attached hydrogens (tertiary/aromatic N) is 3. The van der Waals surface area contributed by atoms with Crippen molar-refractivity contribution >= 4 is 35.5 Å². The van der Waals surface area contributed by atoms with E-state index in [2.05, 4.69) is 14.1 Å². The van der Waals surface area contributed by atoms with Gasteiger partial charge in [0.1, 0.15) is 0 Å². The smallest absolute Gasteiger partial charge is 0.357 e. The highest BCUT2D eigenvalue weighted by Gasteiger charge is 2.59. The summed E-state index contributed by atoms with van der Waals surface area (Å²) in [7, 11) is 4.18. The number of carbonyl (C=O) groups is 2. The molecule has 2 heterocycles. The first-order valence-electron chi connectivity index (χ1n) is 5.12. The fourth-order valence-electron chi connectivity index (χ4n) is 2.24. The molecule has 8 heteroatoms. The summed E-state index contributed by atoms with van der Waals surface area (Å²) in [6.07, 6.45) is 1.11. The maximum Gasteiger partial charge on any atom is 0.357 e. The topological polar surface area (TPSA) is 40.6 Å². The Morgan fingerprint density at radius 1 is 1.18 bits per heavy atom. The van der Waals surface area contributed by atoms with E-state index in [4.69, 9.17) is 23.6 Å². The number of amides is 3. The van der Waals surface area contributed by atoms with Gasteiger partial charge >= 0.3 is 6.03 Å². The third-order valence-electron chi connectivity index (χ3n) is 3.55. The molecule has 0 aromatic rings. The van der Waals surface area contributed by atoms with Crippen LogP contribution >= 0.6 is 23.6 Å². The van der Waals surface area contributed by atoms with Crippen LogP contribution in [0.15, 0.2) is 0 Å². The van der Waals surface area contributed by atoms with Crippen molar-refractivity contribution in [2.75, 3.05) is 27.2 Å². The lowest BCUT2D eigenvalue weighted by Gasteiger charge is -2.42. The van der Waals surface area contributed by atoms with Gasteiger partial charge in [-0.15, -0.1) is 0 Å². The largest absolute Gasteiger partial charge is 1.00 e. The summed E-state index contributed by atoms with van der Waals surface area (Å²) in [4.78, 5) is 23.5. The van der Waals surface area contributed by atoms with Crippen molar-refractivity contribution in [3.63, 3.8) is 0 Å². The van der Waals surface area contributed by atoms with Crippen LogP contribution in [-0.4, -0.2) is 58.0 Å². The number of carbonyl (C=O) groups excluding carboxylic acids is 2. The molecule has 2 aliphatic rings. The van der Waals surface area contributed by atoms with Crippen LogP contribution in [0.1, 0.15) is 12.8 Å². The molecule has 98 valence electrons. The van der Waals surface area contributed by atoms with Gasteiger partial charge in [0.2, 0.25) is 0 Å². The molecule has 2 rings (SSSR count). The molecule has 5 nitrogen and oxygen atoms in total. The Bertz CT molecular complexity index is 351. The van der Waals surface area contributed by atoms with Gasteiger partial charge in [0.15, 0.2) is 5.54 Å². The van der Waals surface area contributed by atoms with Crippen molar-refractivity contribution < 1.29 is 26.5 Å². The predicted molar refractivity (Wildman–Crippen MR) is 59.6 cm³/mol. The highest BCUT2D eigenvalue weighted by molar-refractivity contribution is 6.39. The summed E-state index contributed by atoms with van der Waals surface area (Å²) in [5, 5.41) is 0. The van der Waals surface area contributed by atoms with Crippen LogP contribution in [0.2, 0.25) is 0 Å². The second-order valence-corrected chi connectivity index (χ2v) is 5.74. The molecule has 0 bridgehead atoms. The SMILES string of the molecule is C[N+]1(C)CCC2(CC1)C(=O)N(Cl)C(=O)N2Cl.[Cl-]. The van der Waals surface area contributed by atoms with Gasteiger partial charge < -0.3 is 16.9 Å². The van der Waals surface area contributed by atoms with Crippen LogP contribution in [-0.2, 0) is 4.79 Å². The van der Waals surface area contributed by atoms with Gasteiger partial charge in [-0.3, -0.25) is 4.79 Å². The monoisotopic (exact) mass is 301 g/mol. The second kappa shape index (κ2) is 4.46. The third-order valence-corrected chi connectivity index (χ3v) is 4.32. The first kappa shape index (κ1) is 14.8. The zero-order chi connectivity index (χ0) is 12.1. The molecular weight excluding hydrogens is 288 g/mol. The minimum absolute atomic E-state index is 0. The Morgan fingerprint density at radius 3 is 2.00 bits per heavy atom. The number of rotatable bonds is 0. The minimum atomic E-state index is -0.922. The fourth-order valence-corrected chi connectivity index (χ4v) is 2.82. The zero-order valence-electron chi connectivity index (χ0n) is 9.62. The first-order valence-corrected chi connectivity index (χ1v) is 5.80. The fraction of sp³-hybridized carbons (Fsp3) is 0.778. The molecule has 2 fully saturated rings. The van der Waals surface area contributed by atoms with Gasteiger partial charge in [0.05, 0.1) is 27.2 Å². The first-order chi connectivity index (χ1) is 7.30. The summed E-state index contributed by atoms with van der Waals surface area (Å²) in [6.45, 7) is 1.60. The van der Waals surface area contributed by atoms with Crippen LogP contribution in [0.4, 0.5) is 4.79 Å². The molecular formula is C9H14Cl3N3O2. The lowest BCUT2D eigenvalue weighted by molar-refractivity contribution is -0.896. The normalized spacial score (nSPS) is 26.4. The molecule has 2 saturated heterocycles. The quantitative estimate of drug-likeness (QED) is 0.300. The van der Waals surface area contributed by atoms with E-state index in [0.717, 1.165) is 22.0 Å². The summed E-state index contributed by atoms with van der Waals surface area (Å²) in [5.41, 5.74) is -0.922. The van der Waals surface area contributed by atoms with E-state index in [1.54, 1.807) is 0 Å². The molecule has 1 spiro atoms. The molecule has 0 radical (unpaired) electrons. The highest BCUT2D eigenvalue weighted by Crippen LogP contribution is 2.40. The molecule has 0 atom stereocenters. The number of hydrogen-bond acceptors (Lipinski definition) is 2. The van der Waals surface area contributed by atoms with Crippen molar-refractivity contribution in [1.29, 1.82) is 0 Å². The van der Waals surface area contributed by atoms with Crippen molar-refractivity contribution in [3.05, 3.63) is 0 Å². The molecule has 0 aromatic carbocycles. The van der Waals surface area contributed by atoms with Gasteiger partial charge in [-0.2, -0.15) is 4.42 Å². The average Bonchev–Trinajstić information content (AvgIpc) is 2.39. The highest BCUT2D eigenvalue weighted by atomic mass is 35.5. The molecule has 2 aliphatic heterocycles. The van der Waals surface area contributed by atoms with Crippen LogP contribution in [0.3, 0.4) is 0 Å². The second-order valence-electron chi connectivity index (χ2n) is 5.06. The number of urea groups is 1. The standard InChI is InChI=1S/C9H14Cl2N3O2.ClH/c1-14(2)5-3-9(4-6-14)7(15)12(10)8(16)13(9)11;/h3-6H2,1-2H3;1H/q+1;/p-1. The number of likely N-dealkylation sites (tertiary alicyclic amines) is 1. The van der Waals surface area contributed by atoms with E-state index in [-0.39, 0.29) is 12.4 Å². The molecule has 0 aliphatic carbocycles. The van der Waals surface area contributed by atoms with E-state index in [9.17, 15) is 9.59 Å². The zero-order valence-corrected chi connectivity index (χ0v) is 11.9. The number of imide groups is 1. The summed E-state index contributed by atoms with van der Waals surface area (Å²) < 4.78 is 2.40. The maximum absolute atomic E-state index is 12.0.